The standard InChI is InChI=1S/C26H35FN6/c1-5-20(6-2)11-12-33-19(3)7-8-21-18-28-26(30-25(21)33)29-24-10-9-22(17-23(24)27)32-15-13-31(4)14-16-32/h7-10,17-18,20H,3,5-6,11-16H2,1-2,4H3,(H,28,29,30). The van der Waals surface area contributed by atoms with Gasteiger partial charge in [-0.2, -0.15) is 4.98 Å². The Hall–Kier alpha value is -2.93. The van der Waals surface area contributed by atoms with Crippen molar-refractivity contribution in [3.8, 4) is 0 Å². The molecule has 0 aliphatic carbocycles. The minimum atomic E-state index is -0.303. The van der Waals surface area contributed by atoms with E-state index >= 15 is 0 Å². The first-order valence-electron chi connectivity index (χ1n) is 12.0. The fourth-order valence-corrected chi connectivity index (χ4v) is 4.43. The molecule has 33 heavy (non-hydrogen) atoms. The van der Waals surface area contributed by atoms with Crippen LogP contribution in [0.1, 0.15) is 38.7 Å². The van der Waals surface area contributed by atoms with Gasteiger partial charge in [0.1, 0.15) is 11.6 Å². The number of benzene rings is 1. The molecule has 0 radical (unpaired) electrons. The lowest BCUT2D eigenvalue weighted by Gasteiger charge is -2.34. The molecule has 0 atom stereocenters. The van der Waals surface area contributed by atoms with E-state index in [0.29, 0.717) is 17.6 Å². The van der Waals surface area contributed by atoms with Crippen LogP contribution in [0, 0.1) is 11.7 Å². The molecule has 176 valence electrons. The minimum absolute atomic E-state index is 0.303. The van der Waals surface area contributed by atoms with Crippen molar-refractivity contribution in [2.45, 2.75) is 33.1 Å². The van der Waals surface area contributed by atoms with Gasteiger partial charge in [-0.1, -0.05) is 33.3 Å². The number of piperazine rings is 1. The number of anilines is 4. The summed E-state index contributed by atoms with van der Waals surface area (Å²) in [4.78, 5) is 15.8. The van der Waals surface area contributed by atoms with Crippen molar-refractivity contribution in [1.82, 2.24) is 14.9 Å². The maximum absolute atomic E-state index is 14.9. The van der Waals surface area contributed by atoms with E-state index in [2.05, 4.69) is 52.5 Å². The minimum Gasteiger partial charge on any atom is -0.369 e. The zero-order chi connectivity index (χ0) is 23.4. The van der Waals surface area contributed by atoms with Gasteiger partial charge in [-0.15, -0.1) is 0 Å². The third-order valence-electron chi connectivity index (χ3n) is 6.84. The van der Waals surface area contributed by atoms with Crippen LogP contribution in [0.25, 0.3) is 6.08 Å². The summed E-state index contributed by atoms with van der Waals surface area (Å²) in [5.74, 6) is 1.58. The largest absolute Gasteiger partial charge is 0.369 e. The lowest BCUT2D eigenvalue weighted by molar-refractivity contribution is 0.313. The normalized spacial score (nSPS) is 16.5. The van der Waals surface area contributed by atoms with Crippen LogP contribution in [0.15, 0.2) is 42.7 Å². The number of nitrogens with zero attached hydrogens (tertiary/aromatic N) is 5. The fourth-order valence-electron chi connectivity index (χ4n) is 4.43. The first-order chi connectivity index (χ1) is 16.0. The van der Waals surface area contributed by atoms with Crippen LogP contribution in [-0.2, 0) is 0 Å². The highest BCUT2D eigenvalue weighted by Crippen LogP contribution is 2.31. The number of halogens is 1. The number of nitrogens with one attached hydrogen (secondary N) is 1. The van der Waals surface area contributed by atoms with E-state index in [1.165, 1.54) is 12.8 Å². The molecule has 0 saturated carbocycles. The van der Waals surface area contributed by atoms with E-state index in [1.54, 1.807) is 18.3 Å². The predicted octanol–water partition coefficient (Wildman–Crippen LogP) is 5.28. The molecule has 1 aromatic heterocycles. The molecule has 2 aliphatic heterocycles. The third-order valence-corrected chi connectivity index (χ3v) is 6.84. The second-order valence-electron chi connectivity index (χ2n) is 9.00. The summed E-state index contributed by atoms with van der Waals surface area (Å²) in [6.45, 7) is 13.3. The van der Waals surface area contributed by atoms with Crippen molar-refractivity contribution in [2.75, 3.05) is 54.9 Å². The topological polar surface area (TPSA) is 47.5 Å². The molecule has 4 rings (SSSR count). The maximum Gasteiger partial charge on any atom is 0.229 e. The highest BCUT2D eigenvalue weighted by atomic mass is 19.1. The van der Waals surface area contributed by atoms with Gasteiger partial charge in [0.05, 0.1) is 5.69 Å². The Labute approximate surface area is 196 Å². The van der Waals surface area contributed by atoms with Crippen molar-refractivity contribution >= 4 is 29.2 Å². The van der Waals surface area contributed by atoms with Crippen LogP contribution >= 0.6 is 0 Å². The van der Waals surface area contributed by atoms with E-state index < -0.39 is 0 Å². The molecule has 3 heterocycles. The van der Waals surface area contributed by atoms with Crippen molar-refractivity contribution in [2.24, 2.45) is 5.92 Å². The summed E-state index contributed by atoms with van der Waals surface area (Å²) >= 11 is 0. The van der Waals surface area contributed by atoms with Crippen molar-refractivity contribution in [3.63, 3.8) is 0 Å². The van der Waals surface area contributed by atoms with Crippen LogP contribution in [0.3, 0.4) is 0 Å². The summed E-state index contributed by atoms with van der Waals surface area (Å²) in [6, 6.07) is 5.33. The Morgan fingerprint density at radius 3 is 2.58 bits per heavy atom. The van der Waals surface area contributed by atoms with Gasteiger partial charge in [0, 0.05) is 55.9 Å². The highest BCUT2D eigenvalue weighted by Gasteiger charge is 2.21. The summed E-state index contributed by atoms with van der Waals surface area (Å²) in [5.41, 5.74) is 3.15. The molecule has 1 N–H and O–H groups in total. The van der Waals surface area contributed by atoms with E-state index in [0.717, 1.165) is 61.9 Å². The molecular formula is C26H35FN6. The monoisotopic (exact) mass is 450 g/mol. The number of aromatic nitrogens is 2. The number of hydrogen-bond donors (Lipinski definition) is 1. The van der Waals surface area contributed by atoms with Crippen LogP contribution in [0.4, 0.5) is 27.5 Å². The van der Waals surface area contributed by atoms with E-state index in [9.17, 15) is 4.39 Å². The Bertz CT molecular complexity index is 1010. The van der Waals surface area contributed by atoms with Crippen LogP contribution in [0.2, 0.25) is 0 Å². The molecule has 0 unspecified atom stereocenters. The smallest absolute Gasteiger partial charge is 0.229 e. The van der Waals surface area contributed by atoms with Gasteiger partial charge in [0.15, 0.2) is 0 Å². The van der Waals surface area contributed by atoms with Gasteiger partial charge in [-0.3, -0.25) is 0 Å². The predicted molar refractivity (Wildman–Crippen MR) is 136 cm³/mol. The number of hydrogen-bond acceptors (Lipinski definition) is 6. The molecule has 6 nitrogen and oxygen atoms in total. The van der Waals surface area contributed by atoms with Gasteiger partial charge < -0.3 is 20.0 Å². The van der Waals surface area contributed by atoms with Crippen molar-refractivity contribution < 1.29 is 4.39 Å². The molecule has 2 aromatic rings. The maximum atomic E-state index is 14.9. The summed E-state index contributed by atoms with van der Waals surface area (Å²) < 4.78 is 14.9. The summed E-state index contributed by atoms with van der Waals surface area (Å²) in [7, 11) is 2.11. The molecule has 7 heteroatoms. The summed E-state index contributed by atoms with van der Waals surface area (Å²) in [6.07, 6.45) is 9.19. The zero-order valence-corrected chi connectivity index (χ0v) is 20.0. The van der Waals surface area contributed by atoms with Crippen LogP contribution in [0.5, 0.6) is 0 Å². The molecule has 0 spiro atoms. The van der Waals surface area contributed by atoms with E-state index in [4.69, 9.17) is 4.98 Å². The van der Waals surface area contributed by atoms with Gasteiger partial charge in [0.25, 0.3) is 0 Å². The first kappa shape index (κ1) is 23.2. The molecule has 0 bridgehead atoms. The lowest BCUT2D eigenvalue weighted by Crippen LogP contribution is -2.44. The molecule has 2 aliphatic rings. The van der Waals surface area contributed by atoms with Crippen molar-refractivity contribution in [3.05, 3.63) is 54.1 Å². The average Bonchev–Trinajstić information content (AvgIpc) is 2.82. The molecule has 1 fully saturated rings. The second kappa shape index (κ2) is 10.3. The number of fused-ring (bicyclic) bond motifs is 1. The Balaban J connectivity index is 1.50. The summed E-state index contributed by atoms with van der Waals surface area (Å²) in [5, 5.41) is 3.08. The molecule has 1 saturated heterocycles. The number of rotatable bonds is 8. The third kappa shape index (κ3) is 5.36. The van der Waals surface area contributed by atoms with Gasteiger partial charge >= 0.3 is 0 Å². The number of likely N-dealkylation sites (N-methyl/N-ethyl adjacent to an activating group) is 1. The molecular weight excluding hydrogens is 415 g/mol. The fraction of sp³-hybridized carbons (Fsp3) is 0.462. The van der Waals surface area contributed by atoms with E-state index in [1.807, 2.05) is 18.2 Å². The molecule has 1 aromatic carbocycles. The van der Waals surface area contributed by atoms with Crippen molar-refractivity contribution in [1.29, 1.82) is 0 Å². The van der Waals surface area contributed by atoms with Gasteiger partial charge in [0.2, 0.25) is 5.95 Å². The van der Waals surface area contributed by atoms with Crippen LogP contribution in [-0.4, -0.2) is 54.6 Å². The molecule has 0 amide bonds. The second-order valence-corrected chi connectivity index (χ2v) is 9.00. The Kier molecular flexibility index (Phi) is 7.28. The highest BCUT2D eigenvalue weighted by molar-refractivity contribution is 5.74. The zero-order valence-electron chi connectivity index (χ0n) is 20.0. The van der Waals surface area contributed by atoms with Crippen LogP contribution < -0.4 is 15.1 Å². The first-order valence-corrected chi connectivity index (χ1v) is 12.0. The van der Waals surface area contributed by atoms with Gasteiger partial charge in [-0.05, 0) is 49.7 Å². The van der Waals surface area contributed by atoms with E-state index in [-0.39, 0.29) is 5.82 Å². The lowest BCUT2D eigenvalue weighted by atomic mass is 9.99. The number of allylic oxidation sites excluding steroid dienone is 1. The quantitative estimate of drug-likeness (QED) is 0.590. The Morgan fingerprint density at radius 1 is 1.12 bits per heavy atom. The SMILES string of the molecule is C=C1C=Cc2cnc(Nc3ccc(N4CCN(C)CC4)cc3F)nc2N1CCC(CC)CC. The van der Waals surface area contributed by atoms with Gasteiger partial charge in [-0.25, -0.2) is 9.37 Å². The Morgan fingerprint density at radius 2 is 1.88 bits per heavy atom. The average molecular weight is 451 g/mol.